The fourth-order valence-electron chi connectivity index (χ4n) is 2.53. The molecule has 0 spiro atoms. The van der Waals surface area contributed by atoms with Gasteiger partial charge in [-0.25, -0.2) is 24.4 Å². The van der Waals surface area contributed by atoms with Crippen molar-refractivity contribution in [1.82, 2.24) is 21.9 Å². The van der Waals surface area contributed by atoms with Gasteiger partial charge in [0.05, 0.1) is 5.02 Å². The first-order valence-electron chi connectivity index (χ1n) is 6.81. The van der Waals surface area contributed by atoms with Crippen LogP contribution in [0.25, 0.3) is 11.1 Å². The van der Waals surface area contributed by atoms with Crippen LogP contribution in [0.4, 0.5) is 0 Å². The van der Waals surface area contributed by atoms with Gasteiger partial charge in [-0.15, -0.1) is 0 Å². The van der Waals surface area contributed by atoms with Gasteiger partial charge < -0.3 is 0 Å². The summed E-state index contributed by atoms with van der Waals surface area (Å²) < 4.78 is 24.1. The smallest absolute Gasteiger partial charge is 0.225 e. The van der Waals surface area contributed by atoms with Crippen LogP contribution in [0.15, 0.2) is 41.3 Å². The number of primary sulfonamides is 1. The Bertz CT molecular complexity index is 833. The molecule has 3 rings (SSSR count). The van der Waals surface area contributed by atoms with Gasteiger partial charge in [0.2, 0.25) is 10.0 Å². The molecule has 0 saturated carbocycles. The maximum absolute atomic E-state index is 12.1. The SMILES string of the molecule is Cc1ccc(-c2ccc(Cl)c(S(N)(=O)=O)c2C2NNNN2)cc1. The molecule has 1 fully saturated rings. The average molecular weight is 354 g/mol. The molecular weight excluding hydrogens is 338 g/mol. The number of halogens is 1. The fourth-order valence-corrected chi connectivity index (χ4v) is 3.89. The molecule has 1 saturated heterocycles. The third kappa shape index (κ3) is 3.24. The Labute approximate surface area is 139 Å². The van der Waals surface area contributed by atoms with Gasteiger partial charge in [0.15, 0.2) is 0 Å². The van der Waals surface area contributed by atoms with E-state index in [-0.39, 0.29) is 9.92 Å². The van der Waals surface area contributed by atoms with Crippen molar-refractivity contribution in [2.24, 2.45) is 5.14 Å². The van der Waals surface area contributed by atoms with Gasteiger partial charge in [-0.05, 0) is 24.1 Å². The second-order valence-corrected chi connectivity index (χ2v) is 7.13. The summed E-state index contributed by atoms with van der Waals surface area (Å²) in [7, 11) is -4.01. The number of aryl methyl sites for hydroxylation is 1. The Morgan fingerprint density at radius 3 is 2.22 bits per heavy atom. The van der Waals surface area contributed by atoms with E-state index in [1.54, 1.807) is 6.07 Å². The maximum atomic E-state index is 12.1. The number of rotatable bonds is 3. The van der Waals surface area contributed by atoms with Crippen molar-refractivity contribution >= 4 is 21.6 Å². The molecule has 2 aromatic rings. The van der Waals surface area contributed by atoms with E-state index in [9.17, 15) is 8.42 Å². The van der Waals surface area contributed by atoms with E-state index < -0.39 is 16.2 Å². The van der Waals surface area contributed by atoms with Crippen LogP contribution in [-0.4, -0.2) is 8.42 Å². The Morgan fingerprint density at radius 2 is 1.65 bits per heavy atom. The molecule has 0 unspecified atom stereocenters. The van der Waals surface area contributed by atoms with Crippen molar-refractivity contribution in [3.05, 3.63) is 52.5 Å². The quantitative estimate of drug-likeness (QED) is 0.565. The zero-order valence-electron chi connectivity index (χ0n) is 12.2. The van der Waals surface area contributed by atoms with Crippen molar-refractivity contribution < 1.29 is 8.42 Å². The lowest BCUT2D eigenvalue weighted by atomic mass is 9.97. The number of hydrazine groups is 3. The van der Waals surface area contributed by atoms with Crippen molar-refractivity contribution in [2.45, 2.75) is 18.0 Å². The molecule has 1 aliphatic rings. The lowest BCUT2D eigenvalue weighted by molar-refractivity contribution is 0.541. The summed E-state index contributed by atoms with van der Waals surface area (Å²) in [6.07, 6.45) is -0.529. The third-order valence-corrected chi connectivity index (χ3v) is 5.02. The van der Waals surface area contributed by atoms with E-state index in [0.717, 1.165) is 11.1 Å². The first-order chi connectivity index (χ1) is 10.9. The van der Waals surface area contributed by atoms with Crippen LogP contribution in [-0.2, 0) is 10.0 Å². The molecule has 7 nitrogen and oxygen atoms in total. The largest absolute Gasteiger partial charge is 0.239 e. The van der Waals surface area contributed by atoms with Gasteiger partial charge in [-0.3, -0.25) is 0 Å². The Balaban J connectivity index is 2.29. The monoisotopic (exact) mass is 353 g/mol. The molecule has 6 N–H and O–H groups in total. The van der Waals surface area contributed by atoms with Crippen LogP contribution in [0.5, 0.6) is 0 Å². The molecule has 0 atom stereocenters. The molecule has 23 heavy (non-hydrogen) atoms. The molecule has 2 aromatic carbocycles. The predicted molar refractivity (Wildman–Crippen MR) is 88.3 cm³/mol. The topological polar surface area (TPSA) is 108 Å². The normalized spacial score (nSPS) is 16.0. The highest BCUT2D eigenvalue weighted by Gasteiger charge is 2.29. The van der Waals surface area contributed by atoms with Gasteiger partial charge in [-0.1, -0.05) is 47.5 Å². The van der Waals surface area contributed by atoms with Crippen molar-refractivity contribution in [1.29, 1.82) is 0 Å². The fraction of sp³-hybridized carbons (Fsp3) is 0.143. The van der Waals surface area contributed by atoms with E-state index in [1.807, 2.05) is 31.2 Å². The lowest BCUT2D eigenvalue weighted by Gasteiger charge is -2.20. The van der Waals surface area contributed by atoms with Gasteiger partial charge in [-0.2, -0.15) is 11.1 Å². The van der Waals surface area contributed by atoms with Crippen molar-refractivity contribution in [3.63, 3.8) is 0 Å². The number of nitrogens with one attached hydrogen (secondary N) is 4. The van der Waals surface area contributed by atoms with Crippen LogP contribution in [0.3, 0.4) is 0 Å². The summed E-state index contributed by atoms with van der Waals surface area (Å²) in [5, 5.41) is 5.47. The van der Waals surface area contributed by atoms with Crippen molar-refractivity contribution in [3.8, 4) is 11.1 Å². The first kappa shape index (κ1) is 16.3. The Morgan fingerprint density at radius 1 is 1.04 bits per heavy atom. The molecule has 1 aliphatic heterocycles. The van der Waals surface area contributed by atoms with Crippen LogP contribution in [0, 0.1) is 6.92 Å². The van der Waals surface area contributed by atoms with Crippen LogP contribution in [0.2, 0.25) is 5.02 Å². The maximum Gasteiger partial charge on any atom is 0.239 e. The molecule has 0 bridgehead atoms. The number of sulfonamides is 1. The van der Waals surface area contributed by atoms with Gasteiger partial charge in [0, 0.05) is 5.56 Å². The summed E-state index contributed by atoms with van der Waals surface area (Å²) in [6, 6.07) is 11.1. The minimum Gasteiger partial charge on any atom is -0.225 e. The first-order valence-corrected chi connectivity index (χ1v) is 8.73. The zero-order chi connectivity index (χ0) is 16.6. The molecule has 0 amide bonds. The molecular formula is C14H16ClN5O2S. The summed E-state index contributed by atoms with van der Waals surface area (Å²) in [4.78, 5) is -0.104. The van der Waals surface area contributed by atoms with Crippen LogP contribution in [0.1, 0.15) is 17.3 Å². The number of hydrogen-bond donors (Lipinski definition) is 5. The van der Waals surface area contributed by atoms with Gasteiger partial charge in [0.1, 0.15) is 11.1 Å². The molecule has 1 heterocycles. The van der Waals surface area contributed by atoms with Crippen molar-refractivity contribution in [2.75, 3.05) is 0 Å². The Hall–Kier alpha value is -1.52. The lowest BCUT2D eigenvalue weighted by Crippen LogP contribution is -2.33. The van der Waals surface area contributed by atoms with E-state index in [1.165, 1.54) is 6.07 Å². The average Bonchev–Trinajstić information content (AvgIpc) is 3.00. The van der Waals surface area contributed by atoms with Crippen LogP contribution < -0.4 is 27.1 Å². The standard InChI is InChI=1S/C14H16ClN5O2S/c1-8-2-4-9(5-3-8)10-6-7-11(15)13(23(16,21)22)12(10)14-17-19-20-18-14/h2-7,14,17-20H,1H3,(H2,16,21,22). The van der Waals surface area contributed by atoms with E-state index in [4.69, 9.17) is 16.7 Å². The summed E-state index contributed by atoms with van der Waals surface area (Å²) >= 11 is 6.12. The second kappa shape index (κ2) is 6.17. The summed E-state index contributed by atoms with van der Waals surface area (Å²) in [5.41, 5.74) is 14.2. The van der Waals surface area contributed by atoms with E-state index in [0.29, 0.717) is 11.1 Å². The number of nitrogens with two attached hydrogens (primary N) is 1. The summed E-state index contributed by atoms with van der Waals surface area (Å²) in [6.45, 7) is 1.98. The van der Waals surface area contributed by atoms with E-state index in [2.05, 4.69) is 21.9 Å². The van der Waals surface area contributed by atoms with Crippen LogP contribution >= 0.6 is 11.6 Å². The number of benzene rings is 2. The van der Waals surface area contributed by atoms with E-state index >= 15 is 0 Å². The minimum absolute atomic E-state index is 0.0776. The third-order valence-electron chi connectivity index (χ3n) is 3.58. The highest BCUT2D eigenvalue weighted by atomic mass is 35.5. The number of hydrogen-bond acceptors (Lipinski definition) is 6. The van der Waals surface area contributed by atoms with Gasteiger partial charge >= 0.3 is 0 Å². The minimum atomic E-state index is -4.01. The molecule has 122 valence electrons. The second-order valence-electron chi connectivity index (χ2n) is 5.22. The molecule has 0 aliphatic carbocycles. The summed E-state index contributed by atoms with van der Waals surface area (Å²) in [5.74, 6) is 0. The highest BCUT2D eigenvalue weighted by Crippen LogP contribution is 2.36. The zero-order valence-corrected chi connectivity index (χ0v) is 13.8. The molecule has 0 aromatic heterocycles. The van der Waals surface area contributed by atoms with Gasteiger partial charge in [0.25, 0.3) is 0 Å². The Kier molecular flexibility index (Phi) is 4.39. The molecule has 9 heteroatoms. The molecule has 0 radical (unpaired) electrons. The predicted octanol–water partition coefficient (Wildman–Crippen LogP) is 1.08. The highest BCUT2D eigenvalue weighted by molar-refractivity contribution is 7.89.